The van der Waals surface area contributed by atoms with E-state index in [4.69, 9.17) is 13.8 Å². The number of hydrogen-bond acceptors (Lipinski definition) is 7. The van der Waals surface area contributed by atoms with Crippen LogP contribution in [0.25, 0.3) is 0 Å². The molecule has 10 heteroatoms. The summed E-state index contributed by atoms with van der Waals surface area (Å²) in [5.74, 6) is -0.627. The number of carbonyl (C=O) groups excluding carboxylic acids is 2. The minimum absolute atomic E-state index is 0.0355. The molecule has 3 unspecified atom stereocenters. The molecule has 0 aliphatic heterocycles. The predicted molar refractivity (Wildman–Crippen MR) is 293 cm³/mol. The van der Waals surface area contributed by atoms with E-state index in [2.05, 4.69) is 86.8 Å². The van der Waals surface area contributed by atoms with Crippen LogP contribution in [0.4, 0.5) is 0 Å². The molecule has 9 nitrogen and oxygen atoms in total. The number of nitrogens with one attached hydrogen (secondary N) is 1. The zero-order chi connectivity index (χ0) is 50.8. The fourth-order valence-electron chi connectivity index (χ4n) is 7.68. The van der Waals surface area contributed by atoms with Crippen LogP contribution in [0.1, 0.15) is 239 Å². The molecule has 0 rings (SSSR count). The number of amides is 1. The standard InChI is InChI=1S/C59H107N2O7P/c1-7-10-13-16-19-22-25-28-29-30-31-34-37-40-43-46-49-52-59(63)68-57(50-47-44-41-38-35-32-26-23-20-17-14-11-8-2)56(55-67-69(64,65)66-54-53-61(4,5)6)60-58(62)51-48-45-42-39-36-33-27-24-21-18-15-12-9-3/h19,22,28-29,31,33-34,36,40,43,47,50,56-57H,7-18,20-21,23-27,30,32,35,37-39,41-42,44-46,48-49,51-55H2,1-6H3,(H-,60,62,64,65)/b22-19-,29-28-,34-31-,36-33-,43-40-,50-47+. The summed E-state index contributed by atoms with van der Waals surface area (Å²) < 4.78 is 30.1. The lowest BCUT2D eigenvalue weighted by Gasteiger charge is -2.30. The molecule has 0 aromatic heterocycles. The number of allylic oxidation sites excluding steroid dienone is 11. The van der Waals surface area contributed by atoms with Crippen molar-refractivity contribution in [3.05, 3.63) is 72.9 Å². The number of phosphoric acid groups is 1. The SMILES string of the molecule is CCCCC/C=C\C/C=C\C/C=C\C/C=C\CCCC(=O)OC(/C=C/CCCCCCCCCCCCC)C(COP(=O)([O-])OCC[N+](C)(C)C)NC(=O)CCCCC/C=C\CCCCCCCC. The molecule has 0 fully saturated rings. The van der Waals surface area contributed by atoms with E-state index in [1.807, 2.05) is 27.2 Å². The first-order valence-corrected chi connectivity index (χ1v) is 29.7. The van der Waals surface area contributed by atoms with E-state index in [1.54, 1.807) is 6.08 Å². The van der Waals surface area contributed by atoms with Crippen LogP contribution in [0, 0.1) is 0 Å². The van der Waals surface area contributed by atoms with Gasteiger partial charge in [-0.3, -0.25) is 14.2 Å². The van der Waals surface area contributed by atoms with Gasteiger partial charge < -0.3 is 28.5 Å². The predicted octanol–water partition coefficient (Wildman–Crippen LogP) is 16.3. The van der Waals surface area contributed by atoms with E-state index in [1.165, 1.54) is 122 Å². The van der Waals surface area contributed by atoms with Gasteiger partial charge >= 0.3 is 5.97 Å². The molecule has 0 heterocycles. The molecule has 0 bridgehead atoms. The van der Waals surface area contributed by atoms with Crippen LogP contribution < -0.4 is 10.2 Å². The van der Waals surface area contributed by atoms with Crippen molar-refractivity contribution in [2.24, 2.45) is 0 Å². The Hall–Kier alpha value is -2.55. The number of quaternary nitrogens is 1. The second kappa shape index (κ2) is 49.0. The topological polar surface area (TPSA) is 114 Å². The Morgan fingerprint density at radius 3 is 1.39 bits per heavy atom. The van der Waals surface area contributed by atoms with Crippen LogP contribution in [-0.2, 0) is 27.9 Å². The van der Waals surface area contributed by atoms with Crippen molar-refractivity contribution in [2.75, 3.05) is 40.9 Å². The third kappa shape index (κ3) is 50.2. The minimum Gasteiger partial charge on any atom is -0.756 e. The third-order valence-electron chi connectivity index (χ3n) is 12.1. The van der Waals surface area contributed by atoms with Gasteiger partial charge in [0.15, 0.2) is 0 Å². The first-order valence-electron chi connectivity index (χ1n) is 28.2. The van der Waals surface area contributed by atoms with Crippen molar-refractivity contribution in [1.82, 2.24) is 5.32 Å². The number of unbranched alkanes of at least 4 members (excludes halogenated alkanes) is 24. The first-order chi connectivity index (χ1) is 33.4. The summed E-state index contributed by atoms with van der Waals surface area (Å²) in [6, 6.07) is -0.919. The monoisotopic (exact) mass is 987 g/mol. The Balaban J connectivity index is 5.51. The summed E-state index contributed by atoms with van der Waals surface area (Å²) in [4.78, 5) is 39.8. The highest BCUT2D eigenvalue weighted by Gasteiger charge is 2.27. The van der Waals surface area contributed by atoms with Crippen molar-refractivity contribution < 1.29 is 37.3 Å². The highest BCUT2D eigenvalue weighted by Crippen LogP contribution is 2.38. The van der Waals surface area contributed by atoms with Gasteiger partial charge in [0.05, 0.1) is 33.8 Å². The number of phosphoric ester groups is 1. The molecule has 0 aromatic rings. The lowest BCUT2D eigenvalue weighted by atomic mass is 10.0. The second-order valence-corrected chi connectivity index (χ2v) is 21.5. The number of likely N-dealkylation sites (N-methyl/N-ethyl adjacent to an activating group) is 1. The summed E-state index contributed by atoms with van der Waals surface area (Å²) in [5, 5.41) is 2.99. The Morgan fingerprint density at radius 2 is 0.899 bits per heavy atom. The largest absolute Gasteiger partial charge is 0.756 e. The van der Waals surface area contributed by atoms with Crippen LogP contribution in [0.2, 0.25) is 0 Å². The van der Waals surface area contributed by atoms with Gasteiger partial charge in [-0.15, -0.1) is 0 Å². The minimum atomic E-state index is -4.71. The van der Waals surface area contributed by atoms with Crippen LogP contribution in [0.3, 0.4) is 0 Å². The van der Waals surface area contributed by atoms with Gasteiger partial charge in [-0.2, -0.15) is 0 Å². The van der Waals surface area contributed by atoms with Gasteiger partial charge in [-0.25, -0.2) is 0 Å². The second-order valence-electron chi connectivity index (χ2n) is 20.1. The molecule has 0 spiro atoms. The van der Waals surface area contributed by atoms with E-state index in [0.717, 1.165) is 70.6 Å². The Labute approximate surface area is 425 Å². The highest BCUT2D eigenvalue weighted by atomic mass is 31.2. The van der Waals surface area contributed by atoms with Gasteiger partial charge in [0, 0.05) is 12.8 Å². The molecule has 0 radical (unpaired) electrons. The van der Waals surface area contributed by atoms with Crippen LogP contribution in [0.5, 0.6) is 0 Å². The number of nitrogens with zero attached hydrogens (tertiary/aromatic N) is 1. The summed E-state index contributed by atoms with van der Waals surface area (Å²) in [6.07, 6.45) is 61.6. The van der Waals surface area contributed by atoms with Crippen molar-refractivity contribution in [2.45, 2.75) is 251 Å². The van der Waals surface area contributed by atoms with E-state index < -0.39 is 32.5 Å². The normalized spacial score (nSPS) is 14.4. The average Bonchev–Trinajstić information content (AvgIpc) is 3.31. The summed E-state index contributed by atoms with van der Waals surface area (Å²) in [5.41, 5.74) is 0. The molecule has 0 aromatic carbocycles. The van der Waals surface area contributed by atoms with Crippen molar-refractivity contribution in [1.29, 1.82) is 0 Å². The van der Waals surface area contributed by atoms with Gasteiger partial charge in [0.1, 0.15) is 19.3 Å². The Bertz CT molecular complexity index is 1420. The average molecular weight is 987 g/mol. The number of esters is 1. The third-order valence-corrected chi connectivity index (χ3v) is 13.1. The fraction of sp³-hybridized carbons (Fsp3) is 0.763. The zero-order valence-corrected chi connectivity index (χ0v) is 46.4. The van der Waals surface area contributed by atoms with Gasteiger partial charge in [0.2, 0.25) is 5.91 Å². The maximum absolute atomic E-state index is 13.4. The van der Waals surface area contributed by atoms with Crippen molar-refractivity contribution >= 4 is 19.7 Å². The van der Waals surface area contributed by atoms with Crippen molar-refractivity contribution in [3.8, 4) is 0 Å². The number of ether oxygens (including phenoxy) is 1. The van der Waals surface area contributed by atoms with Crippen LogP contribution in [-0.4, -0.2) is 69.4 Å². The molecule has 400 valence electrons. The molecule has 69 heavy (non-hydrogen) atoms. The lowest BCUT2D eigenvalue weighted by molar-refractivity contribution is -0.870. The van der Waals surface area contributed by atoms with Gasteiger partial charge in [-0.05, 0) is 96.0 Å². The Morgan fingerprint density at radius 1 is 0.507 bits per heavy atom. The summed E-state index contributed by atoms with van der Waals surface area (Å²) in [6.45, 7) is 6.75. The molecular formula is C59H107N2O7P. The van der Waals surface area contributed by atoms with E-state index in [0.29, 0.717) is 23.9 Å². The molecule has 1 N–H and O–H groups in total. The quantitative estimate of drug-likeness (QED) is 0.0212. The van der Waals surface area contributed by atoms with Gasteiger partial charge in [-0.1, -0.05) is 203 Å². The molecule has 0 saturated heterocycles. The highest BCUT2D eigenvalue weighted by molar-refractivity contribution is 7.45. The zero-order valence-electron chi connectivity index (χ0n) is 45.5. The summed E-state index contributed by atoms with van der Waals surface area (Å²) in [7, 11) is 1.14. The molecule has 0 aliphatic rings. The van der Waals surface area contributed by atoms with Gasteiger partial charge in [0.25, 0.3) is 7.82 Å². The first kappa shape index (κ1) is 66.5. The van der Waals surface area contributed by atoms with E-state index in [9.17, 15) is 19.0 Å². The molecular weight excluding hydrogens is 880 g/mol. The van der Waals surface area contributed by atoms with Crippen LogP contribution in [0.15, 0.2) is 72.9 Å². The van der Waals surface area contributed by atoms with Crippen molar-refractivity contribution in [3.63, 3.8) is 0 Å². The number of hydrogen-bond donors (Lipinski definition) is 1. The fourth-order valence-corrected chi connectivity index (χ4v) is 8.41. The lowest BCUT2D eigenvalue weighted by Crippen LogP contribution is -2.47. The Kier molecular flexibility index (Phi) is 47.2. The summed E-state index contributed by atoms with van der Waals surface area (Å²) >= 11 is 0. The molecule has 3 atom stereocenters. The molecule has 0 saturated carbocycles. The number of carbonyl (C=O) groups is 2. The van der Waals surface area contributed by atoms with Crippen LogP contribution >= 0.6 is 7.82 Å². The number of rotatable bonds is 50. The maximum Gasteiger partial charge on any atom is 0.306 e. The van der Waals surface area contributed by atoms with E-state index in [-0.39, 0.29) is 25.4 Å². The van der Waals surface area contributed by atoms with E-state index >= 15 is 0 Å². The molecule has 0 aliphatic carbocycles. The maximum atomic E-state index is 13.4. The molecule has 1 amide bonds. The smallest absolute Gasteiger partial charge is 0.306 e.